The van der Waals surface area contributed by atoms with E-state index in [9.17, 15) is 9.90 Å². The second-order valence-corrected chi connectivity index (χ2v) is 5.12. The number of carboxylic acid groups (broad SMARTS) is 1. The largest absolute Gasteiger partial charge is 0.478 e. The lowest BCUT2D eigenvalue weighted by Crippen LogP contribution is -2.10. The van der Waals surface area contributed by atoms with Gasteiger partial charge in [-0.15, -0.1) is 0 Å². The highest BCUT2D eigenvalue weighted by molar-refractivity contribution is 6.05. The van der Waals surface area contributed by atoms with Gasteiger partial charge >= 0.3 is 5.97 Å². The SMILES string of the molecule is Cc1c(C(=O)O)c2ccccc2n1C(C)c1cccnc1. The predicted molar refractivity (Wildman–Crippen MR) is 81.7 cm³/mol. The number of aromatic carboxylic acids is 1. The van der Waals surface area contributed by atoms with Crippen molar-refractivity contribution in [3.8, 4) is 0 Å². The molecule has 4 heteroatoms. The van der Waals surface area contributed by atoms with Crippen LogP contribution in [0.3, 0.4) is 0 Å². The number of fused-ring (bicyclic) bond motifs is 1. The van der Waals surface area contributed by atoms with E-state index < -0.39 is 5.97 Å². The van der Waals surface area contributed by atoms with E-state index in [4.69, 9.17) is 0 Å². The van der Waals surface area contributed by atoms with Gasteiger partial charge in [0.15, 0.2) is 0 Å². The second-order valence-electron chi connectivity index (χ2n) is 5.12. The predicted octanol–water partition coefficient (Wildman–Crippen LogP) is 3.65. The fourth-order valence-electron chi connectivity index (χ4n) is 2.93. The number of aromatic nitrogens is 2. The molecule has 0 fully saturated rings. The highest BCUT2D eigenvalue weighted by Crippen LogP contribution is 2.31. The molecule has 0 aliphatic carbocycles. The molecular formula is C17H16N2O2. The van der Waals surface area contributed by atoms with E-state index in [1.807, 2.05) is 49.5 Å². The summed E-state index contributed by atoms with van der Waals surface area (Å²) in [5.41, 5.74) is 3.13. The van der Waals surface area contributed by atoms with Gasteiger partial charge in [0, 0.05) is 29.0 Å². The number of rotatable bonds is 3. The van der Waals surface area contributed by atoms with Crippen molar-refractivity contribution in [1.29, 1.82) is 0 Å². The number of nitrogens with zero attached hydrogens (tertiary/aromatic N) is 2. The van der Waals surface area contributed by atoms with Crippen molar-refractivity contribution in [2.45, 2.75) is 19.9 Å². The zero-order valence-corrected chi connectivity index (χ0v) is 11.9. The van der Waals surface area contributed by atoms with Gasteiger partial charge in [0.1, 0.15) is 0 Å². The summed E-state index contributed by atoms with van der Waals surface area (Å²) < 4.78 is 2.07. The van der Waals surface area contributed by atoms with Crippen LogP contribution in [0.15, 0.2) is 48.8 Å². The fourth-order valence-corrected chi connectivity index (χ4v) is 2.93. The number of pyridine rings is 1. The molecule has 1 atom stereocenters. The smallest absolute Gasteiger partial charge is 0.338 e. The minimum Gasteiger partial charge on any atom is -0.478 e. The molecule has 2 aromatic heterocycles. The molecule has 1 N–H and O–H groups in total. The van der Waals surface area contributed by atoms with Gasteiger partial charge in [-0.2, -0.15) is 0 Å². The van der Waals surface area contributed by atoms with E-state index in [0.29, 0.717) is 5.56 Å². The highest BCUT2D eigenvalue weighted by Gasteiger charge is 2.22. The molecule has 0 aliphatic rings. The standard InChI is InChI=1S/C17H16N2O2/c1-11(13-6-5-9-18-10-13)19-12(2)16(17(20)21)14-7-3-4-8-15(14)19/h3-11H,1-2H3,(H,20,21). The van der Waals surface area contributed by atoms with Crippen LogP contribution in [0.2, 0.25) is 0 Å². The second kappa shape index (κ2) is 5.05. The van der Waals surface area contributed by atoms with Crippen LogP contribution in [0, 0.1) is 6.92 Å². The van der Waals surface area contributed by atoms with E-state index >= 15 is 0 Å². The molecule has 0 saturated carbocycles. The third kappa shape index (κ3) is 2.09. The topological polar surface area (TPSA) is 55.1 Å². The van der Waals surface area contributed by atoms with Crippen molar-refractivity contribution in [3.05, 3.63) is 65.6 Å². The van der Waals surface area contributed by atoms with E-state index in [1.54, 1.807) is 6.20 Å². The molecule has 0 saturated heterocycles. The first-order valence-corrected chi connectivity index (χ1v) is 6.84. The maximum Gasteiger partial charge on any atom is 0.338 e. The molecule has 0 aliphatic heterocycles. The van der Waals surface area contributed by atoms with Crippen LogP contribution in [0.5, 0.6) is 0 Å². The van der Waals surface area contributed by atoms with Crippen molar-refractivity contribution in [2.75, 3.05) is 0 Å². The Kier molecular flexibility index (Phi) is 3.22. The quantitative estimate of drug-likeness (QED) is 0.796. The fraction of sp³-hybridized carbons (Fsp3) is 0.176. The summed E-state index contributed by atoms with van der Waals surface area (Å²) in [5.74, 6) is -0.888. The first-order chi connectivity index (χ1) is 10.1. The van der Waals surface area contributed by atoms with Gasteiger partial charge in [0.05, 0.1) is 11.6 Å². The summed E-state index contributed by atoms with van der Waals surface area (Å²) in [5, 5.41) is 10.3. The van der Waals surface area contributed by atoms with E-state index in [1.165, 1.54) is 0 Å². The van der Waals surface area contributed by atoms with Gasteiger partial charge < -0.3 is 9.67 Å². The summed E-state index contributed by atoms with van der Waals surface area (Å²) >= 11 is 0. The summed E-state index contributed by atoms with van der Waals surface area (Å²) in [6.07, 6.45) is 3.55. The monoisotopic (exact) mass is 280 g/mol. The third-order valence-electron chi connectivity index (χ3n) is 3.92. The molecule has 21 heavy (non-hydrogen) atoms. The molecule has 0 bridgehead atoms. The molecule has 2 heterocycles. The Morgan fingerprint density at radius 1 is 1.24 bits per heavy atom. The number of hydrogen-bond acceptors (Lipinski definition) is 2. The number of hydrogen-bond donors (Lipinski definition) is 1. The number of carboxylic acids is 1. The molecule has 1 aromatic carbocycles. The zero-order chi connectivity index (χ0) is 15.0. The Hall–Kier alpha value is -2.62. The molecule has 1 unspecified atom stereocenters. The first kappa shape index (κ1) is 13.4. The van der Waals surface area contributed by atoms with Crippen molar-refractivity contribution >= 4 is 16.9 Å². The molecule has 3 aromatic rings. The minimum absolute atomic E-state index is 0.0247. The lowest BCUT2D eigenvalue weighted by molar-refractivity contribution is 0.0698. The third-order valence-corrected chi connectivity index (χ3v) is 3.92. The summed E-state index contributed by atoms with van der Waals surface area (Å²) in [7, 11) is 0. The summed E-state index contributed by atoms with van der Waals surface area (Å²) in [4.78, 5) is 15.7. The zero-order valence-electron chi connectivity index (χ0n) is 11.9. The van der Waals surface area contributed by atoms with Gasteiger partial charge in [-0.3, -0.25) is 4.98 Å². The van der Waals surface area contributed by atoms with Crippen LogP contribution in [0.4, 0.5) is 0 Å². The maximum absolute atomic E-state index is 11.6. The first-order valence-electron chi connectivity index (χ1n) is 6.84. The Bertz CT molecular complexity index is 806. The van der Waals surface area contributed by atoms with Crippen LogP contribution >= 0.6 is 0 Å². The van der Waals surface area contributed by atoms with Gasteiger partial charge in [0.2, 0.25) is 0 Å². The van der Waals surface area contributed by atoms with Crippen LogP contribution in [0.25, 0.3) is 10.9 Å². The van der Waals surface area contributed by atoms with Gasteiger partial charge in [-0.25, -0.2) is 4.79 Å². The van der Waals surface area contributed by atoms with Gasteiger partial charge in [0.25, 0.3) is 0 Å². The lowest BCUT2D eigenvalue weighted by atomic mass is 10.1. The maximum atomic E-state index is 11.6. The van der Waals surface area contributed by atoms with E-state index in [0.717, 1.165) is 22.2 Å². The average Bonchev–Trinajstić information content (AvgIpc) is 2.79. The lowest BCUT2D eigenvalue weighted by Gasteiger charge is -2.17. The Morgan fingerprint density at radius 3 is 2.67 bits per heavy atom. The van der Waals surface area contributed by atoms with Gasteiger partial charge in [-0.1, -0.05) is 24.3 Å². The molecule has 0 amide bonds. The average molecular weight is 280 g/mol. The summed E-state index contributed by atoms with van der Waals surface area (Å²) in [6.45, 7) is 3.92. The van der Waals surface area contributed by atoms with Crippen LogP contribution in [-0.2, 0) is 0 Å². The van der Waals surface area contributed by atoms with Crippen LogP contribution in [0.1, 0.15) is 34.6 Å². The summed E-state index contributed by atoms with van der Waals surface area (Å²) in [6, 6.07) is 11.5. The minimum atomic E-state index is -0.888. The Labute approximate surface area is 122 Å². The molecule has 106 valence electrons. The number of benzene rings is 1. The molecule has 3 rings (SSSR count). The number of para-hydroxylation sites is 1. The van der Waals surface area contributed by atoms with Crippen molar-refractivity contribution < 1.29 is 9.90 Å². The van der Waals surface area contributed by atoms with E-state index in [-0.39, 0.29) is 6.04 Å². The molecule has 4 nitrogen and oxygen atoms in total. The Morgan fingerprint density at radius 2 is 2.00 bits per heavy atom. The molecule has 0 radical (unpaired) electrons. The van der Waals surface area contributed by atoms with E-state index in [2.05, 4.69) is 16.5 Å². The Balaban J connectivity index is 2.28. The normalized spacial score (nSPS) is 12.5. The van der Waals surface area contributed by atoms with Crippen LogP contribution in [-0.4, -0.2) is 20.6 Å². The number of carbonyl (C=O) groups is 1. The molecule has 0 spiro atoms. The van der Waals surface area contributed by atoms with Crippen molar-refractivity contribution in [1.82, 2.24) is 9.55 Å². The van der Waals surface area contributed by atoms with Crippen LogP contribution < -0.4 is 0 Å². The molecular weight excluding hydrogens is 264 g/mol. The van der Waals surface area contributed by atoms with Gasteiger partial charge in [-0.05, 0) is 31.5 Å². The highest BCUT2D eigenvalue weighted by atomic mass is 16.4. The van der Waals surface area contributed by atoms with Crippen molar-refractivity contribution in [3.63, 3.8) is 0 Å². The van der Waals surface area contributed by atoms with Crippen molar-refractivity contribution in [2.24, 2.45) is 0 Å².